The summed E-state index contributed by atoms with van der Waals surface area (Å²) in [5, 5.41) is -3.29. The largest absolute Gasteiger partial charge is 0.301 e. The second-order valence-electron chi connectivity index (χ2n) is 7.72. The molecule has 0 bridgehead atoms. The lowest BCUT2D eigenvalue weighted by molar-refractivity contribution is -0.0475. The molecular weight excluding hydrogens is 422 g/mol. The van der Waals surface area contributed by atoms with Crippen LogP contribution in [0.1, 0.15) is 44.9 Å². The average Bonchev–Trinajstić information content (AvgIpc) is 2.53. The van der Waals surface area contributed by atoms with E-state index in [-0.39, 0.29) is 25.2 Å². The van der Waals surface area contributed by atoms with Crippen LogP contribution in [0.15, 0.2) is 0 Å². The van der Waals surface area contributed by atoms with Gasteiger partial charge >= 0.3 is 0 Å². The highest BCUT2D eigenvalue weighted by molar-refractivity contribution is 7.91. The highest BCUT2D eigenvalue weighted by atomic mass is 32.2. The van der Waals surface area contributed by atoms with Crippen molar-refractivity contribution >= 4 is 30.1 Å². The van der Waals surface area contributed by atoms with Crippen molar-refractivity contribution < 1.29 is 39.2 Å². The molecule has 2 saturated carbocycles. The standard InChI is InChI=1S/C14H27NO9S3/c1-25(16,17)11-4-2-3-9(5-11)14(24-15)10-6-12(26(18,19)20)8-13(7-10)27(21,22)23/h9-14H,2-8,15H2,1H3,(H,18,19,20)(H,21,22,23). The number of hydrogen-bond acceptors (Lipinski definition) is 8. The zero-order valence-corrected chi connectivity index (χ0v) is 17.4. The summed E-state index contributed by atoms with van der Waals surface area (Å²) in [6.07, 6.45) is 1.84. The first-order valence-electron chi connectivity index (χ1n) is 8.70. The Morgan fingerprint density at radius 2 is 1.30 bits per heavy atom. The lowest BCUT2D eigenvalue weighted by Gasteiger charge is -2.40. The van der Waals surface area contributed by atoms with Gasteiger partial charge in [-0.2, -0.15) is 16.8 Å². The molecule has 0 heterocycles. The summed E-state index contributed by atoms with van der Waals surface area (Å²) in [7, 11) is -12.3. The maximum atomic E-state index is 11.9. The Bertz CT molecular complexity index is 797. The summed E-state index contributed by atoms with van der Waals surface area (Å²) in [6.45, 7) is 0. The van der Waals surface area contributed by atoms with E-state index in [2.05, 4.69) is 0 Å². The third-order valence-corrected chi connectivity index (χ3v) is 9.95. The van der Waals surface area contributed by atoms with Gasteiger partial charge in [-0.1, -0.05) is 6.42 Å². The monoisotopic (exact) mass is 449 g/mol. The number of sulfone groups is 1. The Morgan fingerprint density at radius 1 is 0.815 bits per heavy atom. The lowest BCUT2D eigenvalue weighted by Crippen LogP contribution is -2.47. The van der Waals surface area contributed by atoms with Gasteiger partial charge in [0.05, 0.1) is 21.9 Å². The maximum absolute atomic E-state index is 11.9. The number of rotatable bonds is 6. The van der Waals surface area contributed by atoms with E-state index in [0.29, 0.717) is 19.3 Å². The second-order valence-corrected chi connectivity index (χ2v) is 13.4. The minimum atomic E-state index is -4.53. The molecule has 160 valence electrons. The van der Waals surface area contributed by atoms with E-state index in [4.69, 9.17) is 10.7 Å². The first-order valence-corrected chi connectivity index (χ1v) is 13.7. The molecular formula is C14H27NO9S3. The van der Waals surface area contributed by atoms with Gasteiger partial charge in [0, 0.05) is 6.26 Å². The average molecular weight is 450 g/mol. The quantitative estimate of drug-likeness (QED) is 0.373. The van der Waals surface area contributed by atoms with Gasteiger partial charge in [-0.05, 0) is 50.4 Å². The molecule has 2 aliphatic carbocycles. The first-order chi connectivity index (χ1) is 12.2. The van der Waals surface area contributed by atoms with Crippen molar-refractivity contribution in [3.05, 3.63) is 0 Å². The predicted molar refractivity (Wildman–Crippen MR) is 97.7 cm³/mol. The molecule has 0 aliphatic heterocycles. The summed E-state index contributed by atoms with van der Waals surface area (Å²) in [4.78, 5) is 5.06. The van der Waals surface area contributed by atoms with Crippen molar-refractivity contribution in [1.29, 1.82) is 0 Å². The van der Waals surface area contributed by atoms with Crippen molar-refractivity contribution in [2.45, 2.75) is 66.8 Å². The van der Waals surface area contributed by atoms with Gasteiger partial charge in [0.15, 0.2) is 0 Å². The number of nitrogens with two attached hydrogens (primary N) is 1. The summed E-state index contributed by atoms with van der Waals surface area (Å²) in [5.74, 6) is 4.47. The van der Waals surface area contributed by atoms with E-state index in [0.717, 1.165) is 6.26 Å². The molecule has 0 aromatic rings. The fraction of sp³-hybridized carbons (Fsp3) is 1.00. The molecule has 4 N–H and O–H groups in total. The Balaban J connectivity index is 2.28. The second kappa shape index (κ2) is 8.20. The molecule has 10 nitrogen and oxygen atoms in total. The van der Waals surface area contributed by atoms with Crippen LogP contribution < -0.4 is 5.90 Å². The summed E-state index contributed by atoms with van der Waals surface area (Å²) >= 11 is 0. The third kappa shape index (κ3) is 5.84. The Kier molecular flexibility index (Phi) is 6.98. The smallest absolute Gasteiger partial charge is 0.267 e. The van der Waals surface area contributed by atoms with Crippen molar-refractivity contribution in [3.8, 4) is 0 Å². The van der Waals surface area contributed by atoms with Crippen LogP contribution in [0, 0.1) is 11.8 Å². The van der Waals surface area contributed by atoms with E-state index in [1.54, 1.807) is 0 Å². The van der Waals surface area contributed by atoms with Gasteiger partial charge in [-0.15, -0.1) is 0 Å². The van der Waals surface area contributed by atoms with Crippen molar-refractivity contribution in [1.82, 2.24) is 0 Å². The van der Waals surface area contributed by atoms with E-state index in [1.165, 1.54) is 0 Å². The summed E-state index contributed by atoms with van der Waals surface area (Å²) < 4.78 is 89.0. The molecule has 5 atom stereocenters. The van der Waals surface area contributed by atoms with Crippen LogP contribution in [0.2, 0.25) is 0 Å². The fourth-order valence-corrected chi connectivity index (χ4v) is 7.73. The molecule has 0 aromatic heterocycles. The summed E-state index contributed by atoms with van der Waals surface area (Å²) in [6, 6.07) is 0. The molecule has 0 radical (unpaired) electrons. The molecule has 2 aliphatic rings. The van der Waals surface area contributed by atoms with E-state index < -0.39 is 64.3 Å². The van der Waals surface area contributed by atoms with Crippen LogP contribution in [0.25, 0.3) is 0 Å². The molecule has 2 rings (SSSR count). The molecule has 0 amide bonds. The van der Waals surface area contributed by atoms with Gasteiger partial charge < -0.3 is 4.84 Å². The molecule has 5 unspecified atom stereocenters. The van der Waals surface area contributed by atoms with E-state index in [1.807, 2.05) is 0 Å². The Hall–Kier alpha value is -0.310. The predicted octanol–water partition coefficient (Wildman–Crippen LogP) is 0.162. The van der Waals surface area contributed by atoms with Gasteiger partial charge in [0.25, 0.3) is 20.2 Å². The Morgan fingerprint density at radius 3 is 1.70 bits per heavy atom. The van der Waals surface area contributed by atoms with Crippen molar-refractivity contribution in [2.24, 2.45) is 17.7 Å². The van der Waals surface area contributed by atoms with E-state index >= 15 is 0 Å². The molecule has 0 spiro atoms. The number of hydrogen-bond donors (Lipinski definition) is 3. The minimum absolute atomic E-state index is 0.0766. The van der Waals surface area contributed by atoms with Crippen molar-refractivity contribution in [2.75, 3.05) is 6.26 Å². The SMILES string of the molecule is CS(=O)(=O)C1CCCC(C(ON)C2CC(S(=O)(=O)O)CC(S(=O)(=O)O)C2)C1. The van der Waals surface area contributed by atoms with Gasteiger partial charge in [0.1, 0.15) is 9.84 Å². The lowest BCUT2D eigenvalue weighted by atomic mass is 9.75. The van der Waals surface area contributed by atoms with E-state index in [9.17, 15) is 34.4 Å². The summed E-state index contributed by atoms with van der Waals surface area (Å²) in [5.41, 5.74) is 0. The zero-order valence-electron chi connectivity index (χ0n) is 15.0. The van der Waals surface area contributed by atoms with Crippen molar-refractivity contribution in [3.63, 3.8) is 0 Å². The van der Waals surface area contributed by atoms with Crippen LogP contribution in [0.5, 0.6) is 0 Å². The highest BCUT2D eigenvalue weighted by Gasteiger charge is 2.46. The third-order valence-electron chi connectivity index (χ3n) is 5.86. The molecule has 27 heavy (non-hydrogen) atoms. The molecule has 2 fully saturated rings. The molecule has 0 aromatic carbocycles. The first kappa shape index (κ1) is 23.0. The van der Waals surface area contributed by atoms with Crippen LogP contribution in [0.3, 0.4) is 0 Å². The van der Waals surface area contributed by atoms with Crippen LogP contribution >= 0.6 is 0 Å². The molecule has 0 saturated heterocycles. The minimum Gasteiger partial charge on any atom is -0.301 e. The highest BCUT2D eigenvalue weighted by Crippen LogP contribution is 2.41. The van der Waals surface area contributed by atoms with Gasteiger partial charge in [-0.25, -0.2) is 14.3 Å². The maximum Gasteiger partial charge on any atom is 0.267 e. The molecule has 13 heteroatoms. The zero-order chi connectivity index (χ0) is 20.6. The van der Waals surface area contributed by atoms with Gasteiger partial charge in [-0.3, -0.25) is 9.11 Å². The normalized spacial score (nSPS) is 34.9. The van der Waals surface area contributed by atoms with Crippen LogP contribution in [-0.2, 0) is 34.9 Å². The fourth-order valence-electron chi connectivity index (χ4n) is 4.49. The van der Waals surface area contributed by atoms with Gasteiger partial charge in [0.2, 0.25) is 0 Å². The Labute approximate surface area is 160 Å². The van der Waals surface area contributed by atoms with Crippen LogP contribution in [0.4, 0.5) is 0 Å². The van der Waals surface area contributed by atoms with Crippen LogP contribution in [-0.4, -0.2) is 62.5 Å². The topological polar surface area (TPSA) is 178 Å².